The van der Waals surface area contributed by atoms with Gasteiger partial charge >= 0.3 is 6.03 Å². The van der Waals surface area contributed by atoms with Crippen LogP contribution in [0.15, 0.2) is 48.8 Å². The minimum absolute atomic E-state index is 0.0570. The number of rotatable bonds is 3. The van der Waals surface area contributed by atoms with Gasteiger partial charge in [-0.2, -0.15) is 0 Å². The number of urea groups is 1. The van der Waals surface area contributed by atoms with Gasteiger partial charge in [-0.15, -0.1) is 0 Å². The van der Waals surface area contributed by atoms with Crippen LogP contribution < -0.4 is 15.0 Å². The minimum atomic E-state index is -0.607. The predicted molar refractivity (Wildman–Crippen MR) is 112 cm³/mol. The molecule has 5 rings (SSSR count). The van der Waals surface area contributed by atoms with Crippen molar-refractivity contribution in [2.24, 2.45) is 0 Å². The monoisotopic (exact) mass is 423 g/mol. The van der Waals surface area contributed by atoms with Crippen molar-refractivity contribution < 1.29 is 14.6 Å². The van der Waals surface area contributed by atoms with Gasteiger partial charge in [0.25, 0.3) is 0 Å². The molecule has 2 unspecified atom stereocenters. The molecule has 3 heterocycles. The first-order valence-electron chi connectivity index (χ1n) is 9.46. The fourth-order valence-corrected chi connectivity index (χ4v) is 4.28. The molecule has 2 aromatic heterocycles. The van der Waals surface area contributed by atoms with Crippen LogP contribution >= 0.6 is 11.6 Å². The number of methoxy groups -OCH3 is 1. The SMILES string of the molecule is COc1cc(NC(=O)N2c3nc(-c4cccc(Cl)c4)ccc3C3C[C@@H](O)C32)ncn1. The fraction of sp³-hybridized carbons (Fsp3) is 0.238. The molecule has 1 aliphatic carbocycles. The first-order chi connectivity index (χ1) is 14.5. The molecule has 1 saturated carbocycles. The van der Waals surface area contributed by atoms with Gasteiger partial charge in [0.1, 0.15) is 18.0 Å². The van der Waals surface area contributed by atoms with E-state index in [1.54, 1.807) is 6.07 Å². The third-order valence-corrected chi connectivity index (χ3v) is 5.79. The highest BCUT2D eigenvalue weighted by Gasteiger charge is 2.54. The van der Waals surface area contributed by atoms with Crippen LogP contribution in [-0.2, 0) is 0 Å². The molecule has 3 aromatic rings. The fourth-order valence-electron chi connectivity index (χ4n) is 4.09. The lowest BCUT2D eigenvalue weighted by Gasteiger charge is -2.40. The quantitative estimate of drug-likeness (QED) is 0.669. The molecule has 9 heteroatoms. The molecule has 1 fully saturated rings. The summed E-state index contributed by atoms with van der Waals surface area (Å²) in [5.41, 5.74) is 2.51. The topological polar surface area (TPSA) is 100 Å². The van der Waals surface area contributed by atoms with E-state index in [4.69, 9.17) is 21.3 Å². The number of nitrogens with zero attached hydrogens (tertiary/aromatic N) is 4. The Kier molecular flexibility index (Phi) is 4.52. The molecule has 2 N–H and O–H groups in total. The Bertz CT molecular complexity index is 1140. The van der Waals surface area contributed by atoms with E-state index >= 15 is 0 Å². The number of hydrogen-bond acceptors (Lipinski definition) is 6. The highest BCUT2D eigenvalue weighted by Crippen LogP contribution is 2.51. The zero-order valence-corrected chi connectivity index (χ0v) is 16.7. The van der Waals surface area contributed by atoms with Gasteiger partial charge in [-0.05, 0) is 24.6 Å². The standard InChI is InChI=1S/C21H18ClN5O3/c1-30-18-9-17(23-10-24-18)26-21(29)27-19-14(8-16(19)28)13-5-6-15(25-20(13)27)11-3-2-4-12(22)7-11/h2-7,9-10,14,16,19,28H,8H2,1H3,(H,23,24,26,29)/t14?,16-,19?/m1/s1. The van der Waals surface area contributed by atoms with Crippen molar-refractivity contribution in [2.75, 3.05) is 17.3 Å². The molecule has 1 aliphatic heterocycles. The molecule has 8 nitrogen and oxygen atoms in total. The van der Waals surface area contributed by atoms with E-state index in [1.165, 1.54) is 24.4 Å². The number of carbonyl (C=O) groups excluding carboxylic acids is 1. The van der Waals surface area contributed by atoms with Crippen LogP contribution in [0.1, 0.15) is 17.9 Å². The Balaban J connectivity index is 1.51. The van der Waals surface area contributed by atoms with Crippen LogP contribution in [0, 0.1) is 0 Å². The zero-order valence-electron chi connectivity index (χ0n) is 16.0. The Morgan fingerprint density at radius 3 is 2.90 bits per heavy atom. The lowest BCUT2D eigenvalue weighted by molar-refractivity contribution is 0.0540. The normalized spacial score (nSPS) is 21.4. The summed E-state index contributed by atoms with van der Waals surface area (Å²) in [6.07, 6.45) is 1.30. The van der Waals surface area contributed by atoms with Gasteiger partial charge in [0.2, 0.25) is 5.88 Å². The number of aromatic nitrogens is 3. The van der Waals surface area contributed by atoms with E-state index in [0.29, 0.717) is 34.7 Å². The maximum Gasteiger partial charge on any atom is 0.329 e. The van der Waals surface area contributed by atoms with Crippen molar-refractivity contribution in [1.82, 2.24) is 15.0 Å². The van der Waals surface area contributed by atoms with Gasteiger partial charge in [0.05, 0.1) is 24.9 Å². The molecule has 152 valence electrons. The number of benzene rings is 1. The second-order valence-electron chi connectivity index (χ2n) is 7.27. The average Bonchev–Trinajstić information content (AvgIpc) is 3.02. The number of aliphatic hydroxyl groups excluding tert-OH is 1. The number of ether oxygens (including phenoxy) is 1. The number of nitrogens with one attached hydrogen (secondary N) is 1. The van der Waals surface area contributed by atoms with Crippen molar-refractivity contribution in [3.63, 3.8) is 0 Å². The maximum absolute atomic E-state index is 13.2. The summed E-state index contributed by atoms with van der Waals surface area (Å²) in [5.74, 6) is 1.24. The summed E-state index contributed by atoms with van der Waals surface area (Å²) in [6.45, 7) is 0. The number of carbonyl (C=O) groups is 1. The number of halogens is 1. The maximum atomic E-state index is 13.2. The second-order valence-corrected chi connectivity index (χ2v) is 7.70. The molecule has 0 spiro atoms. The van der Waals surface area contributed by atoms with Gasteiger partial charge in [-0.25, -0.2) is 19.7 Å². The summed E-state index contributed by atoms with van der Waals surface area (Å²) in [7, 11) is 1.49. The molecular weight excluding hydrogens is 406 g/mol. The molecule has 1 aromatic carbocycles. The van der Waals surface area contributed by atoms with Crippen LogP contribution in [0.3, 0.4) is 0 Å². The van der Waals surface area contributed by atoms with Crippen LogP contribution in [0.2, 0.25) is 5.02 Å². The smallest absolute Gasteiger partial charge is 0.329 e. The first kappa shape index (κ1) is 18.8. The Morgan fingerprint density at radius 2 is 2.13 bits per heavy atom. The number of pyridine rings is 1. The summed E-state index contributed by atoms with van der Waals surface area (Å²) in [5, 5.41) is 13.7. The predicted octanol–water partition coefficient (Wildman–Crippen LogP) is 3.47. The largest absolute Gasteiger partial charge is 0.481 e. The molecule has 3 atom stereocenters. The van der Waals surface area contributed by atoms with Crippen LogP contribution in [0.5, 0.6) is 5.88 Å². The van der Waals surface area contributed by atoms with Gasteiger partial charge in [-0.3, -0.25) is 10.2 Å². The van der Waals surface area contributed by atoms with Crippen molar-refractivity contribution in [3.8, 4) is 17.1 Å². The van der Waals surface area contributed by atoms with Crippen LogP contribution in [0.25, 0.3) is 11.3 Å². The van der Waals surface area contributed by atoms with Gasteiger partial charge in [0.15, 0.2) is 0 Å². The molecular formula is C21H18ClN5O3. The Morgan fingerprint density at radius 1 is 1.27 bits per heavy atom. The summed E-state index contributed by atoms with van der Waals surface area (Å²) in [6, 6.07) is 12.0. The number of anilines is 2. The molecule has 0 saturated heterocycles. The highest BCUT2D eigenvalue weighted by molar-refractivity contribution is 6.30. The summed E-state index contributed by atoms with van der Waals surface area (Å²) in [4.78, 5) is 27.4. The molecule has 30 heavy (non-hydrogen) atoms. The average molecular weight is 424 g/mol. The van der Waals surface area contributed by atoms with Crippen LogP contribution in [-0.4, -0.2) is 45.3 Å². The van der Waals surface area contributed by atoms with Crippen LogP contribution in [0.4, 0.5) is 16.4 Å². The second kappa shape index (κ2) is 7.23. The molecule has 2 aliphatic rings. The lowest BCUT2D eigenvalue weighted by atomic mass is 9.75. The van der Waals surface area contributed by atoms with E-state index in [1.807, 2.05) is 30.3 Å². The summed E-state index contributed by atoms with van der Waals surface area (Å²) >= 11 is 6.12. The Hall–Kier alpha value is -3.23. The van der Waals surface area contributed by atoms with Crippen molar-refractivity contribution in [1.29, 1.82) is 0 Å². The molecule has 2 amide bonds. The number of amides is 2. The Labute approximate surface area is 177 Å². The third-order valence-electron chi connectivity index (χ3n) is 5.56. The lowest BCUT2D eigenvalue weighted by Crippen LogP contribution is -2.55. The van der Waals surface area contributed by atoms with Gasteiger partial charge in [-0.1, -0.05) is 29.8 Å². The van der Waals surface area contributed by atoms with E-state index in [0.717, 1.165) is 11.1 Å². The van der Waals surface area contributed by atoms with Gasteiger partial charge in [0, 0.05) is 28.1 Å². The number of aliphatic hydroxyl groups is 1. The third kappa shape index (κ3) is 3.05. The zero-order chi connectivity index (χ0) is 20.8. The minimum Gasteiger partial charge on any atom is -0.481 e. The van der Waals surface area contributed by atoms with E-state index in [2.05, 4.69) is 15.3 Å². The number of hydrogen-bond donors (Lipinski definition) is 2. The van der Waals surface area contributed by atoms with E-state index in [-0.39, 0.29) is 12.0 Å². The van der Waals surface area contributed by atoms with Crippen molar-refractivity contribution >= 4 is 29.3 Å². The van der Waals surface area contributed by atoms with Crippen molar-refractivity contribution in [2.45, 2.75) is 24.5 Å². The van der Waals surface area contributed by atoms with Crippen molar-refractivity contribution in [3.05, 3.63) is 59.4 Å². The molecule has 0 radical (unpaired) electrons. The number of fused-ring (bicyclic) bond motifs is 3. The first-order valence-corrected chi connectivity index (χ1v) is 9.84. The van der Waals surface area contributed by atoms with E-state index < -0.39 is 12.1 Å². The van der Waals surface area contributed by atoms with E-state index in [9.17, 15) is 9.90 Å². The summed E-state index contributed by atoms with van der Waals surface area (Å²) < 4.78 is 5.08. The molecule has 0 bridgehead atoms. The highest BCUT2D eigenvalue weighted by atomic mass is 35.5. The van der Waals surface area contributed by atoms with Gasteiger partial charge < -0.3 is 9.84 Å².